The number of carbonyl (C=O) groups excluding carboxylic acids is 1. The van der Waals surface area contributed by atoms with Crippen molar-refractivity contribution in [1.29, 1.82) is 0 Å². The van der Waals surface area contributed by atoms with Gasteiger partial charge in [0.2, 0.25) is 0 Å². The van der Waals surface area contributed by atoms with Crippen LogP contribution in [0.1, 0.15) is 42.6 Å². The number of hydrogen-bond acceptors (Lipinski definition) is 3. The van der Waals surface area contributed by atoms with Gasteiger partial charge in [-0.3, -0.25) is 4.79 Å². The minimum absolute atomic E-state index is 0.551. The van der Waals surface area contributed by atoms with Gasteiger partial charge in [0.05, 0.1) is 18.8 Å². The van der Waals surface area contributed by atoms with Crippen LogP contribution in [0.5, 0.6) is 11.5 Å². The number of ether oxygens (including phenoxy) is 2. The molecule has 0 N–H and O–H groups in total. The summed E-state index contributed by atoms with van der Waals surface area (Å²) in [4.78, 5) is 11.0. The van der Waals surface area contributed by atoms with Crippen LogP contribution in [0.2, 0.25) is 0 Å². The van der Waals surface area contributed by atoms with Crippen LogP contribution in [0.3, 0.4) is 0 Å². The van der Waals surface area contributed by atoms with Crippen molar-refractivity contribution in [2.45, 2.75) is 33.6 Å². The van der Waals surface area contributed by atoms with E-state index >= 15 is 0 Å². The summed E-state index contributed by atoms with van der Waals surface area (Å²) in [6.07, 6.45) is 2.68. The van der Waals surface area contributed by atoms with E-state index in [1.807, 2.05) is 19.9 Å². The highest BCUT2D eigenvalue weighted by Crippen LogP contribution is 2.27. The Morgan fingerprint density at radius 2 is 1.65 bits per heavy atom. The summed E-state index contributed by atoms with van der Waals surface area (Å²) in [7, 11) is 0. The van der Waals surface area contributed by atoms with E-state index in [1.54, 1.807) is 6.07 Å². The largest absolute Gasteiger partial charge is 0.493 e. The molecule has 0 heterocycles. The van der Waals surface area contributed by atoms with Crippen molar-refractivity contribution in [2.75, 3.05) is 13.2 Å². The second-order valence-electron chi connectivity index (χ2n) is 3.97. The quantitative estimate of drug-likeness (QED) is 0.681. The number of benzene rings is 1. The van der Waals surface area contributed by atoms with Crippen molar-refractivity contribution in [2.24, 2.45) is 0 Å². The summed E-state index contributed by atoms with van der Waals surface area (Å²) in [5.41, 5.74) is 1.55. The van der Waals surface area contributed by atoms with E-state index in [0.717, 1.165) is 30.4 Å². The standard InChI is InChI=1S/C14H20O3/c1-4-6-16-13-9-12(10-15)14(8-11(13)3)17-7-5-2/h8-10H,4-7H2,1-3H3. The third kappa shape index (κ3) is 3.77. The van der Waals surface area contributed by atoms with Crippen LogP contribution in [0.15, 0.2) is 12.1 Å². The Kier molecular flexibility index (Phi) is 5.53. The smallest absolute Gasteiger partial charge is 0.153 e. The van der Waals surface area contributed by atoms with Crippen molar-refractivity contribution < 1.29 is 14.3 Å². The summed E-state index contributed by atoms with van der Waals surface area (Å²) >= 11 is 0. The first-order valence-electron chi connectivity index (χ1n) is 6.08. The maximum atomic E-state index is 11.0. The molecule has 0 radical (unpaired) electrons. The van der Waals surface area contributed by atoms with Crippen molar-refractivity contribution >= 4 is 6.29 Å². The van der Waals surface area contributed by atoms with E-state index < -0.39 is 0 Å². The highest BCUT2D eigenvalue weighted by Gasteiger charge is 2.08. The van der Waals surface area contributed by atoms with Crippen LogP contribution in [-0.4, -0.2) is 19.5 Å². The molecule has 0 unspecified atom stereocenters. The lowest BCUT2D eigenvalue weighted by atomic mass is 10.1. The molecule has 0 fully saturated rings. The first kappa shape index (κ1) is 13.6. The SMILES string of the molecule is CCCOc1cc(C=O)c(OCCC)cc1C. The molecule has 94 valence electrons. The summed E-state index contributed by atoms with van der Waals surface area (Å²) in [5.74, 6) is 1.40. The van der Waals surface area contributed by atoms with E-state index in [2.05, 4.69) is 6.92 Å². The molecule has 0 aliphatic heterocycles. The minimum atomic E-state index is 0.551. The van der Waals surface area contributed by atoms with Gasteiger partial charge in [-0.05, 0) is 37.5 Å². The summed E-state index contributed by atoms with van der Waals surface area (Å²) in [6, 6.07) is 3.62. The monoisotopic (exact) mass is 236 g/mol. The molecule has 1 aromatic rings. The second kappa shape index (κ2) is 6.94. The molecule has 17 heavy (non-hydrogen) atoms. The molecular weight excluding hydrogens is 216 g/mol. The third-order valence-electron chi connectivity index (χ3n) is 2.36. The molecule has 3 heteroatoms. The number of hydrogen-bond donors (Lipinski definition) is 0. The average molecular weight is 236 g/mol. The van der Waals surface area contributed by atoms with Gasteiger partial charge >= 0.3 is 0 Å². The highest BCUT2D eigenvalue weighted by atomic mass is 16.5. The first-order valence-corrected chi connectivity index (χ1v) is 6.08. The average Bonchev–Trinajstić information content (AvgIpc) is 2.35. The molecule has 3 nitrogen and oxygen atoms in total. The second-order valence-corrected chi connectivity index (χ2v) is 3.97. The van der Waals surface area contributed by atoms with E-state index in [-0.39, 0.29) is 0 Å². The molecule has 1 rings (SSSR count). The fourth-order valence-corrected chi connectivity index (χ4v) is 1.47. The summed E-state index contributed by atoms with van der Waals surface area (Å²) in [5, 5.41) is 0. The Bertz CT molecular complexity index is 372. The van der Waals surface area contributed by atoms with Gasteiger partial charge in [0.25, 0.3) is 0 Å². The topological polar surface area (TPSA) is 35.5 Å². The molecule has 0 amide bonds. The Hall–Kier alpha value is -1.51. The van der Waals surface area contributed by atoms with Gasteiger partial charge in [-0.15, -0.1) is 0 Å². The fraction of sp³-hybridized carbons (Fsp3) is 0.500. The van der Waals surface area contributed by atoms with E-state index in [0.29, 0.717) is 24.5 Å². The zero-order valence-electron chi connectivity index (χ0n) is 10.8. The molecule has 0 spiro atoms. The molecule has 0 aromatic heterocycles. The van der Waals surface area contributed by atoms with E-state index in [1.165, 1.54) is 0 Å². The predicted octanol–water partition coefficient (Wildman–Crippen LogP) is 3.39. The number of aldehydes is 1. The van der Waals surface area contributed by atoms with Crippen LogP contribution >= 0.6 is 0 Å². The van der Waals surface area contributed by atoms with Gasteiger partial charge in [-0.2, -0.15) is 0 Å². The normalized spacial score (nSPS) is 10.1. The van der Waals surface area contributed by atoms with E-state index in [4.69, 9.17) is 9.47 Å². The number of carbonyl (C=O) groups is 1. The Balaban J connectivity index is 2.93. The number of rotatable bonds is 7. The zero-order valence-corrected chi connectivity index (χ0v) is 10.8. The van der Waals surface area contributed by atoms with Crippen molar-refractivity contribution in [1.82, 2.24) is 0 Å². The van der Waals surface area contributed by atoms with Crippen LogP contribution in [0.4, 0.5) is 0 Å². The molecule has 0 aliphatic rings. The van der Waals surface area contributed by atoms with Crippen LogP contribution < -0.4 is 9.47 Å². The van der Waals surface area contributed by atoms with Crippen LogP contribution in [0.25, 0.3) is 0 Å². The van der Waals surface area contributed by atoms with Gasteiger partial charge in [-0.25, -0.2) is 0 Å². The molecule has 0 aliphatic carbocycles. The lowest BCUT2D eigenvalue weighted by Crippen LogP contribution is -2.02. The molecule has 0 saturated carbocycles. The predicted molar refractivity (Wildman–Crippen MR) is 68.1 cm³/mol. The fourth-order valence-electron chi connectivity index (χ4n) is 1.47. The Morgan fingerprint density at radius 3 is 2.18 bits per heavy atom. The number of aryl methyl sites for hydroxylation is 1. The molecule has 1 aromatic carbocycles. The highest BCUT2D eigenvalue weighted by molar-refractivity contribution is 5.80. The molecule has 0 bridgehead atoms. The minimum Gasteiger partial charge on any atom is -0.493 e. The maximum Gasteiger partial charge on any atom is 0.153 e. The summed E-state index contributed by atoms with van der Waals surface area (Å²) in [6.45, 7) is 7.32. The first-order chi connectivity index (χ1) is 8.22. The van der Waals surface area contributed by atoms with Gasteiger partial charge < -0.3 is 9.47 Å². The molecular formula is C14H20O3. The van der Waals surface area contributed by atoms with Crippen LogP contribution in [0, 0.1) is 6.92 Å². The van der Waals surface area contributed by atoms with Crippen LogP contribution in [-0.2, 0) is 0 Å². The van der Waals surface area contributed by atoms with Crippen molar-refractivity contribution in [3.8, 4) is 11.5 Å². The summed E-state index contributed by atoms with van der Waals surface area (Å²) < 4.78 is 11.1. The molecule has 0 saturated heterocycles. The molecule has 0 atom stereocenters. The Labute approximate surface area is 103 Å². The van der Waals surface area contributed by atoms with E-state index in [9.17, 15) is 4.79 Å². The van der Waals surface area contributed by atoms with Gasteiger partial charge in [0, 0.05) is 0 Å². The van der Waals surface area contributed by atoms with Crippen molar-refractivity contribution in [3.05, 3.63) is 23.3 Å². The third-order valence-corrected chi connectivity index (χ3v) is 2.36. The maximum absolute atomic E-state index is 11.0. The van der Waals surface area contributed by atoms with Crippen molar-refractivity contribution in [3.63, 3.8) is 0 Å². The van der Waals surface area contributed by atoms with Gasteiger partial charge in [0.1, 0.15) is 11.5 Å². The van der Waals surface area contributed by atoms with Gasteiger partial charge in [0.15, 0.2) is 6.29 Å². The lowest BCUT2D eigenvalue weighted by Gasteiger charge is -2.13. The zero-order chi connectivity index (χ0) is 12.7. The lowest BCUT2D eigenvalue weighted by molar-refractivity contribution is 0.111. The van der Waals surface area contributed by atoms with Gasteiger partial charge in [-0.1, -0.05) is 13.8 Å². The Morgan fingerprint density at radius 1 is 1.06 bits per heavy atom.